The van der Waals surface area contributed by atoms with Crippen molar-refractivity contribution in [1.82, 2.24) is 19.2 Å². The standard InChI is InChI=1S/C26H32FN5O3S/c1-18-7-9-28-14-24(18)23-12-21(29-15-25(23)33)16-31-10-8-26(13-19(31)2)17-30(3)36(34,35)32(26)22-6-4-5-20(27)11-22/h4-7,9,11-12,14-15,19,33-35H,8,10,13,16-17H2,1-3H3/t19-,26+/m0/s1. The summed E-state index contributed by atoms with van der Waals surface area (Å²) in [4.78, 5) is 11.0. The maximum Gasteiger partial charge on any atom is 0.141 e. The quantitative estimate of drug-likeness (QED) is 0.446. The van der Waals surface area contributed by atoms with Gasteiger partial charge in [0.15, 0.2) is 0 Å². The van der Waals surface area contributed by atoms with Gasteiger partial charge in [-0.25, -0.2) is 4.39 Å². The molecule has 2 aromatic heterocycles. The van der Waals surface area contributed by atoms with Crippen LogP contribution in [0.2, 0.25) is 0 Å². The summed E-state index contributed by atoms with van der Waals surface area (Å²) in [6, 6.07) is 9.99. The molecule has 0 aliphatic carbocycles. The Hall–Kier alpha value is -2.76. The second-order valence-corrected chi connectivity index (χ2v) is 11.9. The molecule has 0 saturated carbocycles. The van der Waals surface area contributed by atoms with Crippen LogP contribution in [0.3, 0.4) is 0 Å². The van der Waals surface area contributed by atoms with E-state index in [1.807, 2.05) is 19.1 Å². The van der Waals surface area contributed by atoms with Crippen molar-refractivity contribution in [3.8, 4) is 16.9 Å². The Morgan fingerprint density at radius 2 is 1.97 bits per heavy atom. The molecule has 10 heteroatoms. The number of pyridine rings is 2. The van der Waals surface area contributed by atoms with Gasteiger partial charge in [-0.3, -0.25) is 28.3 Å². The van der Waals surface area contributed by atoms with Crippen LogP contribution in [0, 0.1) is 12.7 Å². The zero-order valence-electron chi connectivity index (χ0n) is 20.7. The lowest BCUT2D eigenvalue weighted by molar-refractivity contribution is 0.0992. The fraction of sp³-hybridized carbons (Fsp3) is 0.385. The molecule has 0 bridgehead atoms. The van der Waals surface area contributed by atoms with Crippen molar-refractivity contribution in [2.24, 2.45) is 0 Å². The second kappa shape index (κ2) is 9.28. The van der Waals surface area contributed by atoms with Crippen molar-refractivity contribution in [2.75, 3.05) is 24.4 Å². The Bertz CT molecular complexity index is 1280. The number of nitrogens with zero attached hydrogens (tertiary/aromatic N) is 5. The van der Waals surface area contributed by atoms with E-state index in [-0.39, 0.29) is 11.8 Å². The van der Waals surface area contributed by atoms with E-state index in [2.05, 4.69) is 21.8 Å². The van der Waals surface area contributed by atoms with Crippen LogP contribution in [-0.2, 0) is 6.54 Å². The van der Waals surface area contributed by atoms with Crippen LogP contribution < -0.4 is 4.31 Å². The van der Waals surface area contributed by atoms with E-state index in [9.17, 15) is 18.6 Å². The lowest BCUT2D eigenvalue weighted by Gasteiger charge is -2.51. The Labute approximate surface area is 212 Å². The molecule has 2 aliphatic rings. The average Bonchev–Trinajstić information content (AvgIpc) is 3.01. The zero-order valence-corrected chi connectivity index (χ0v) is 21.5. The van der Waals surface area contributed by atoms with Crippen molar-refractivity contribution in [2.45, 2.75) is 44.8 Å². The largest absolute Gasteiger partial charge is 0.506 e. The van der Waals surface area contributed by atoms with Gasteiger partial charge < -0.3 is 5.11 Å². The Kier molecular flexibility index (Phi) is 6.42. The first-order valence-electron chi connectivity index (χ1n) is 12.0. The topological polar surface area (TPSA) is 96.2 Å². The number of aromatic nitrogens is 2. The van der Waals surface area contributed by atoms with Gasteiger partial charge in [0, 0.05) is 56.2 Å². The molecule has 2 aliphatic heterocycles. The maximum atomic E-state index is 14.1. The summed E-state index contributed by atoms with van der Waals surface area (Å²) in [6.45, 7) is 5.89. The Morgan fingerprint density at radius 1 is 1.17 bits per heavy atom. The Morgan fingerprint density at radius 3 is 2.69 bits per heavy atom. The normalized spacial score (nSPS) is 25.4. The maximum absolute atomic E-state index is 14.1. The van der Waals surface area contributed by atoms with Gasteiger partial charge in [0.2, 0.25) is 0 Å². The highest BCUT2D eigenvalue weighted by molar-refractivity contribution is 8.23. The fourth-order valence-corrected chi connectivity index (χ4v) is 7.48. The number of hydrogen-bond acceptors (Lipinski definition) is 8. The van der Waals surface area contributed by atoms with E-state index < -0.39 is 22.3 Å². The van der Waals surface area contributed by atoms with Crippen molar-refractivity contribution in [1.29, 1.82) is 0 Å². The molecule has 5 rings (SSSR count). The summed E-state index contributed by atoms with van der Waals surface area (Å²) >= 11 is 0. The number of halogens is 1. The first-order chi connectivity index (χ1) is 17.1. The summed E-state index contributed by atoms with van der Waals surface area (Å²) in [6.07, 6.45) is 6.32. The molecule has 192 valence electrons. The number of piperidine rings is 1. The zero-order chi connectivity index (χ0) is 25.7. The third-order valence-electron chi connectivity index (χ3n) is 7.45. The molecule has 0 radical (unpaired) electrons. The molecule has 1 spiro atoms. The molecule has 0 amide bonds. The van der Waals surface area contributed by atoms with Gasteiger partial charge in [-0.05, 0) is 62.6 Å². The third kappa shape index (κ3) is 4.33. The monoisotopic (exact) mass is 513 g/mol. The second-order valence-electron chi connectivity index (χ2n) is 9.93. The molecule has 1 aromatic carbocycles. The molecule has 4 heterocycles. The molecule has 8 nitrogen and oxygen atoms in total. The number of aryl methyl sites for hydroxylation is 1. The van der Waals surface area contributed by atoms with Crippen LogP contribution >= 0.6 is 11.0 Å². The minimum Gasteiger partial charge on any atom is -0.506 e. The molecule has 0 unspecified atom stereocenters. The fourth-order valence-electron chi connectivity index (χ4n) is 5.65. The number of likely N-dealkylation sites (tertiary alicyclic amines) is 1. The number of likely N-dealkylation sites (N-methyl/N-ethyl adjacent to an activating group) is 1. The van der Waals surface area contributed by atoms with Crippen LogP contribution in [-0.4, -0.2) is 65.1 Å². The molecule has 3 aromatic rings. The van der Waals surface area contributed by atoms with E-state index in [0.717, 1.165) is 16.8 Å². The number of anilines is 1. The lowest BCUT2D eigenvalue weighted by Crippen LogP contribution is -2.57. The van der Waals surface area contributed by atoms with Gasteiger partial charge in [0.1, 0.15) is 11.6 Å². The van der Waals surface area contributed by atoms with Gasteiger partial charge >= 0.3 is 0 Å². The summed E-state index contributed by atoms with van der Waals surface area (Å²) in [5.41, 5.74) is 3.38. The van der Waals surface area contributed by atoms with Crippen LogP contribution in [0.1, 0.15) is 31.0 Å². The summed E-state index contributed by atoms with van der Waals surface area (Å²) in [5.74, 6) is -0.290. The van der Waals surface area contributed by atoms with Crippen LogP contribution in [0.5, 0.6) is 5.75 Å². The molecule has 2 saturated heterocycles. The van der Waals surface area contributed by atoms with E-state index in [4.69, 9.17) is 0 Å². The minimum absolute atomic E-state index is 0.107. The van der Waals surface area contributed by atoms with Gasteiger partial charge in [0.25, 0.3) is 0 Å². The van der Waals surface area contributed by atoms with Gasteiger partial charge in [-0.2, -0.15) is 4.31 Å². The highest BCUT2D eigenvalue weighted by atomic mass is 32.3. The van der Waals surface area contributed by atoms with Crippen LogP contribution in [0.4, 0.5) is 10.1 Å². The molecular weight excluding hydrogens is 481 g/mol. The highest BCUT2D eigenvalue weighted by Gasteiger charge is 2.55. The predicted octanol–water partition coefficient (Wildman–Crippen LogP) is 5.05. The SMILES string of the molecule is Cc1ccncc1-c1cc(CN2CC[C@@]3(C[C@@H]2C)CN(C)S(O)(O)N3c2cccc(F)c2)ncc1O. The smallest absolute Gasteiger partial charge is 0.141 e. The Balaban J connectivity index is 1.39. The predicted molar refractivity (Wildman–Crippen MR) is 140 cm³/mol. The molecule has 36 heavy (non-hydrogen) atoms. The minimum atomic E-state index is -3.25. The first kappa shape index (κ1) is 24.9. The first-order valence-corrected chi connectivity index (χ1v) is 13.5. The van der Waals surface area contributed by atoms with E-state index >= 15 is 0 Å². The molecule has 2 fully saturated rings. The van der Waals surface area contributed by atoms with Crippen molar-refractivity contribution < 1.29 is 18.6 Å². The van der Waals surface area contributed by atoms with Crippen molar-refractivity contribution in [3.63, 3.8) is 0 Å². The number of hydrogen-bond donors (Lipinski definition) is 3. The van der Waals surface area contributed by atoms with Crippen molar-refractivity contribution >= 4 is 16.6 Å². The molecule has 2 atom stereocenters. The lowest BCUT2D eigenvalue weighted by atomic mass is 9.82. The van der Waals surface area contributed by atoms with Crippen LogP contribution in [0.25, 0.3) is 11.1 Å². The van der Waals surface area contributed by atoms with Gasteiger partial charge in [-0.1, -0.05) is 17.0 Å². The van der Waals surface area contributed by atoms with Gasteiger partial charge in [0.05, 0.1) is 23.1 Å². The molecular formula is C26H32FN5O3S. The van der Waals surface area contributed by atoms with Gasteiger partial charge in [-0.15, -0.1) is 0 Å². The highest BCUT2D eigenvalue weighted by Crippen LogP contribution is 2.61. The summed E-state index contributed by atoms with van der Waals surface area (Å²) in [7, 11) is -1.55. The van der Waals surface area contributed by atoms with E-state index in [0.29, 0.717) is 43.7 Å². The van der Waals surface area contributed by atoms with E-state index in [1.165, 1.54) is 18.3 Å². The van der Waals surface area contributed by atoms with Crippen molar-refractivity contribution in [3.05, 3.63) is 72.1 Å². The number of aromatic hydroxyl groups is 1. The van der Waals surface area contributed by atoms with E-state index in [1.54, 1.807) is 40.2 Å². The average molecular weight is 514 g/mol. The number of benzene rings is 1. The summed E-state index contributed by atoms with van der Waals surface area (Å²) in [5, 5.41) is 10.5. The number of rotatable bonds is 4. The molecule has 3 N–H and O–H groups in total. The summed E-state index contributed by atoms with van der Waals surface area (Å²) < 4.78 is 39.5. The third-order valence-corrected chi connectivity index (χ3v) is 9.50. The van der Waals surface area contributed by atoms with Crippen LogP contribution in [0.15, 0.2) is 55.0 Å².